The Bertz CT molecular complexity index is 1000. The molecule has 11 heteroatoms. The number of fused-ring (bicyclic) bond motifs is 1. The number of amides is 3. The van der Waals surface area contributed by atoms with Gasteiger partial charge in [0.25, 0.3) is 0 Å². The Morgan fingerprint density at radius 1 is 1.23 bits per heavy atom. The Morgan fingerprint density at radius 3 is 2.83 bits per heavy atom. The molecule has 4 N–H and O–H groups in total. The molecule has 0 spiro atoms. The van der Waals surface area contributed by atoms with Gasteiger partial charge in [0, 0.05) is 25.1 Å². The second kappa shape index (κ2) is 8.03. The molecule has 3 heterocycles. The summed E-state index contributed by atoms with van der Waals surface area (Å²) < 4.78 is 12.0. The number of nitrogens with zero attached hydrogens (tertiary/aromatic N) is 2. The standard InChI is InChI=1S/C19H22N6O5/c1-10-6-16(26)23-19(21-10)25-15(5-11(2)24-25)22-18(28)17(27)20-8-12-3-4-13-14(7-12)30-9-29-13/h3-5,7,10,19,21H,6,8-9H2,1-2H3,(H,20,27)(H,22,28)(H,23,26). The van der Waals surface area contributed by atoms with E-state index < -0.39 is 18.1 Å². The molecule has 1 fully saturated rings. The van der Waals surface area contributed by atoms with Crippen LogP contribution in [0.4, 0.5) is 5.82 Å². The fourth-order valence-corrected chi connectivity index (χ4v) is 3.28. The van der Waals surface area contributed by atoms with Crippen molar-refractivity contribution in [3.63, 3.8) is 0 Å². The first-order valence-corrected chi connectivity index (χ1v) is 9.48. The van der Waals surface area contributed by atoms with Gasteiger partial charge in [-0.3, -0.25) is 19.7 Å². The zero-order valence-corrected chi connectivity index (χ0v) is 16.5. The van der Waals surface area contributed by atoms with Crippen molar-refractivity contribution in [1.29, 1.82) is 0 Å². The van der Waals surface area contributed by atoms with Gasteiger partial charge in [-0.25, -0.2) is 4.68 Å². The van der Waals surface area contributed by atoms with Crippen LogP contribution in [0.25, 0.3) is 0 Å². The Morgan fingerprint density at radius 2 is 2.03 bits per heavy atom. The molecule has 11 nitrogen and oxygen atoms in total. The van der Waals surface area contributed by atoms with Crippen LogP contribution in [0.5, 0.6) is 11.5 Å². The molecule has 0 aliphatic carbocycles. The lowest BCUT2D eigenvalue weighted by Gasteiger charge is -2.30. The first kappa shape index (κ1) is 19.7. The third-order valence-electron chi connectivity index (χ3n) is 4.67. The van der Waals surface area contributed by atoms with Gasteiger partial charge in [0.05, 0.1) is 5.69 Å². The van der Waals surface area contributed by atoms with E-state index >= 15 is 0 Å². The first-order valence-electron chi connectivity index (χ1n) is 9.48. The number of aromatic nitrogens is 2. The number of carbonyl (C=O) groups excluding carboxylic acids is 3. The summed E-state index contributed by atoms with van der Waals surface area (Å²) in [7, 11) is 0. The number of anilines is 1. The Balaban J connectivity index is 1.39. The van der Waals surface area contributed by atoms with Crippen LogP contribution in [0.15, 0.2) is 24.3 Å². The van der Waals surface area contributed by atoms with Crippen LogP contribution in [0.3, 0.4) is 0 Å². The molecule has 2 unspecified atom stereocenters. The second-order valence-electron chi connectivity index (χ2n) is 7.18. The number of carbonyl (C=O) groups is 3. The molecule has 1 saturated heterocycles. The minimum absolute atomic E-state index is 0.0539. The van der Waals surface area contributed by atoms with E-state index in [1.54, 1.807) is 31.2 Å². The number of hydrogen-bond donors (Lipinski definition) is 4. The van der Waals surface area contributed by atoms with Gasteiger partial charge in [0.1, 0.15) is 5.82 Å². The topological polar surface area (TPSA) is 136 Å². The Kier molecular flexibility index (Phi) is 5.27. The van der Waals surface area contributed by atoms with E-state index in [1.165, 1.54) is 4.68 Å². The summed E-state index contributed by atoms with van der Waals surface area (Å²) in [6.07, 6.45) is -0.275. The minimum Gasteiger partial charge on any atom is -0.454 e. The van der Waals surface area contributed by atoms with Crippen molar-refractivity contribution in [1.82, 2.24) is 25.7 Å². The Hall–Kier alpha value is -3.60. The zero-order chi connectivity index (χ0) is 21.3. The van der Waals surface area contributed by atoms with Crippen molar-refractivity contribution in [3.05, 3.63) is 35.5 Å². The predicted octanol–water partition coefficient (Wildman–Crippen LogP) is 0.129. The van der Waals surface area contributed by atoms with E-state index in [2.05, 4.69) is 26.4 Å². The maximum atomic E-state index is 12.4. The molecule has 2 aliphatic rings. The number of ether oxygens (including phenoxy) is 2. The normalized spacial score (nSPS) is 19.9. The zero-order valence-electron chi connectivity index (χ0n) is 16.5. The summed E-state index contributed by atoms with van der Waals surface area (Å²) in [5.41, 5.74) is 1.39. The average Bonchev–Trinajstić information content (AvgIpc) is 3.31. The SMILES string of the molecule is Cc1cc(NC(=O)C(=O)NCc2ccc3c(c2)OCO3)n(C2NC(=O)CC(C)N2)n1. The highest BCUT2D eigenvalue weighted by atomic mass is 16.7. The van der Waals surface area contributed by atoms with Gasteiger partial charge in [-0.1, -0.05) is 6.07 Å². The average molecular weight is 414 g/mol. The molecule has 4 rings (SSSR count). The molecule has 3 amide bonds. The number of benzene rings is 1. The minimum atomic E-state index is -0.841. The monoisotopic (exact) mass is 414 g/mol. The fourth-order valence-electron chi connectivity index (χ4n) is 3.28. The van der Waals surface area contributed by atoms with Gasteiger partial charge >= 0.3 is 11.8 Å². The predicted molar refractivity (Wildman–Crippen MR) is 104 cm³/mol. The summed E-state index contributed by atoms with van der Waals surface area (Å²) in [6.45, 7) is 3.94. The third-order valence-corrected chi connectivity index (χ3v) is 4.67. The van der Waals surface area contributed by atoms with Gasteiger partial charge in [-0.2, -0.15) is 5.10 Å². The molecular formula is C19H22N6O5. The van der Waals surface area contributed by atoms with Gasteiger partial charge in [-0.15, -0.1) is 0 Å². The number of hydrogen-bond acceptors (Lipinski definition) is 7. The van der Waals surface area contributed by atoms with Crippen molar-refractivity contribution in [2.24, 2.45) is 0 Å². The Labute approximate surface area is 172 Å². The van der Waals surface area contributed by atoms with Crippen molar-refractivity contribution in [2.45, 2.75) is 39.1 Å². The summed E-state index contributed by atoms with van der Waals surface area (Å²) in [6, 6.07) is 6.84. The summed E-state index contributed by atoms with van der Waals surface area (Å²) in [5, 5.41) is 15.4. The molecule has 1 aromatic heterocycles. The van der Waals surface area contributed by atoms with E-state index in [4.69, 9.17) is 9.47 Å². The van der Waals surface area contributed by atoms with Crippen LogP contribution in [0, 0.1) is 6.92 Å². The van der Waals surface area contributed by atoms with Crippen molar-refractivity contribution < 1.29 is 23.9 Å². The van der Waals surface area contributed by atoms with E-state index in [-0.39, 0.29) is 25.3 Å². The maximum Gasteiger partial charge on any atom is 0.314 e. The summed E-state index contributed by atoms with van der Waals surface area (Å²) >= 11 is 0. The summed E-state index contributed by atoms with van der Waals surface area (Å²) in [4.78, 5) is 36.5. The molecule has 30 heavy (non-hydrogen) atoms. The van der Waals surface area contributed by atoms with Gasteiger partial charge in [0.2, 0.25) is 12.7 Å². The van der Waals surface area contributed by atoms with E-state index in [0.717, 1.165) is 5.56 Å². The highest BCUT2D eigenvalue weighted by Gasteiger charge is 2.27. The number of rotatable bonds is 4. The highest BCUT2D eigenvalue weighted by molar-refractivity contribution is 6.39. The highest BCUT2D eigenvalue weighted by Crippen LogP contribution is 2.32. The van der Waals surface area contributed by atoms with Crippen LogP contribution >= 0.6 is 0 Å². The van der Waals surface area contributed by atoms with Gasteiger partial charge in [-0.05, 0) is 31.5 Å². The van der Waals surface area contributed by atoms with Crippen molar-refractivity contribution in [2.75, 3.05) is 12.1 Å². The van der Waals surface area contributed by atoms with E-state index in [9.17, 15) is 14.4 Å². The molecule has 0 bridgehead atoms. The van der Waals surface area contributed by atoms with Gasteiger partial charge < -0.3 is 25.4 Å². The molecule has 0 saturated carbocycles. The first-order chi connectivity index (χ1) is 14.4. The smallest absolute Gasteiger partial charge is 0.314 e. The van der Waals surface area contributed by atoms with Crippen LogP contribution in [0.1, 0.15) is 30.9 Å². The lowest BCUT2D eigenvalue weighted by atomic mass is 10.2. The largest absolute Gasteiger partial charge is 0.454 e. The van der Waals surface area contributed by atoms with Crippen LogP contribution in [0.2, 0.25) is 0 Å². The molecule has 2 atom stereocenters. The van der Waals surface area contributed by atoms with Crippen molar-refractivity contribution >= 4 is 23.5 Å². The number of aryl methyl sites for hydroxylation is 1. The second-order valence-corrected chi connectivity index (χ2v) is 7.18. The number of nitrogens with one attached hydrogen (secondary N) is 4. The quantitative estimate of drug-likeness (QED) is 0.522. The van der Waals surface area contributed by atoms with Crippen LogP contribution in [-0.2, 0) is 20.9 Å². The van der Waals surface area contributed by atoms with E-state index in [1.807, 2.05) is 6.92 Å². The summed E-state index contributed by atoms with van der Waals surface area (Å²) in [5.74, 6) is -0.231. The molecule has 2 aliphatic heterocycles. The maximum absolute atomic E-state index is 12.4. The molecule has 0 radical (unpaired) electrons. The molecular weight excluding hydrogens is 392 g/mol. The van der Waals surface area contributed by atoms with E-state index in [0.29, 0.717) is 29.4 Å². The van der Waals surface area contributed by atoms with Crippen molar-refractivity contribution in [3.8, 4) is 11.5 Å². The fraction of sp³-hybridized carbons (Fsp3) is 0.368. The lowest BCUT2D eigenvalue weighted by molar-refractivity contribution is -0.136. The molecule has 2 aromatic rings. The van der Waals surface area contributed by atoms with Gasteiger partial charge in [0.15, 0.2) is 17.8 Å². The van der Waals surface area contributed by atoms with Crippen LogP contribution in [-0.4, -0.2) is 40.3 Å². The molecule has 158 valence electrons. The van der Waals surface area contributed by atoms with Crippen LogP contribution < -0.4 is 30.7 Å². The third kappa shape index (κ3) is 4.20. The molecule has 1 aromatic carbocycles. The lowest BCUT2D eigenvalue weighted by Crippen LogP contribution is -2.52.